The molecule has 0 spiro atoms. The van der Waals surface area contributed by atoms with Crippen LogP contribution in [0.5, 0.6) is 0 Å². The molecule has 27 heavy (non-hydrogen) atoms. The summed E-state index contributed by atoms with van der Waals surface area (Å²) in [7, 11) is 1.64. The Hall–Kier alpha value is -2.17. The van der Waals surface area contributed by atoms with Crippen molar-refractivity contribution in [3.63, 3.8) is 0 Å². The molecule has 0 aliphatic rings. The molecule has 0 unspecified atom stereocenters. The van der Waals surface area contributed by atoms with Crippen LogP contribution in [-0.4, -0.2) is 60.7 Å². The summed E-state index contributed by atoms with van der Waals surface area (Å²) in [6.45, 7) is 3.07. The van der Waals surface area contributed by atoms with Crippen LogP contribution in [0.3, 0.4) is 0 Å². The average Bonchev–Trinajstić information content (AvgIpc) is 3.08. The highest BCUT2D eigenvalue weighted by atomic mass is 19.1. The van der Waals surface area contributed by atoms with Crippen molar-refractivity contribution in [2.24, 2.45) is 0 Å². The number of terminal acetylenes is 1. The highest BCUT2D eigenvalue weighted by Crippen LogP contribution is 2.13. The smallest absolute Gasteiger partial charge is 0.128 e. The molecule has 2 rings (SSSR count). The highest BCUT2D eigenvalue weighted by molar-refractivity contribution is 5.19. The number of nitrogens with zero attached hydrogens (tertiary/aromatic N) is 2. The zero-order valence-corrected chi connectivity index (χ0v) is 15.7. The molecular formula is C21H27FN2O3. The van der Waals surface area contributed by atoms with Gasteiger partial charge in [-0.25, -0.2) is 4.39 Å². The maximum absolute atomic E-state index is 14.0. The molecule has 0 amide bonds. The van der Waals surface area contributed by atoms with Gasteiger partial charge < -0.3 is 19.1 Å². The molecule has 0 fully saturated rings. The minimum Gasteiger partial charge on any atom is -0.389 e. The van der Waals surface area contributed by atoms with E-state index in [1.807, 2.05) is 29.0 Å². The van der Waals surface area contributed by atoms with Gasteiger partial charge in [0, 0.05) is 44.2 Å². The van der Waals surface area contributed by atoms with Crippen LogP contribution >= 0.6 is 0 Å². The Morgan fingerprint density at radius 1 is 1.30 bits per heavy atom. The summed E-state index contributed by atoms with van der Waals surface area (Å²) in [5, 5.41) is 10.2. The first-order valence-corrected chi connectivity index (χ1v) is 8.92. The Morgan fingerprint density at radius 2 is 2.11 bits per heavy atom. The summed E-state index contributed by atoms with van der Waals surface area (Å²) in [5.41, 5.74) is 1.67. The van der Waals surface area contributed by atoms with Gasteiger partial charge in [0.05, 0.1) is 25.9 Å². The molecule has 0 saturated carbocycles. The van der Waals surface area contributed by atoms with Gasteiger partial charge in [-0.3, -0.25) is 4.90 Å². The van der Waals surface area contributed by atoms with Crippen molar-refractivity contribution < 1.29 is 19.0 Å². The number of benzene rings is 1. The fourth-order valence-corrected chi connectivity index (χ4v) is 2.85. The maximum atomic E-state index is 14.0. The molecular weight excluding hydrogens is 347 g/mol. The molecule has 1 N–H and O–H groups in total. The molecule has 1 heterocycles. The van der Waals surface area contributed by atoms with E-state index in [1.165, 1.54) is 6.07 Å². The van der Waals surface area contributed by atoms with Crippen LogP contribution in [0.25, 0.3) is 0 Å². The second-order valence-corrected chi connectivity index (χ2v) is 6.32. The molecule has 0 saturated heterocycles. The van der Waals surface area contributed by atoms with Gasteiger partial charge in [-0.2, -0.15) is 0 Å². The molecule has 5 nitrogen and oxygen atoms in total. The second kappa shape index (κ2) is 11.5. The lowest BCUT2D eigenvalue weighted by Crippen LogP contribution is -2.37. The third-order valence-corrected chi connectivity index (χ3v) is 4.18. The number of aliphatic hydroxyl groups excluding tert-OH is 1. The van der Waals surface area contributed by atoms with Gasteiger partial charge in [-0.1, -0.05) is 24.1 Å². The van der Waals surface area contributed by atoms with Crippen LogP contribution in [-0.2, 0) is 22.6 Å². The summed E-state index contributed by atoms with van der Waals surface area (Å²) in [5.74, 6) is 2.17. The molecule has 0 aliphatic heterocycles. The maximum Gasteiger partial charge on any atom is 0.128 e. The third kappa shape index (κ3) is 7.16. The van der Waals surface area contributed by atoms with Crippen molar-refractivity contribution in [3.05, 3.63) is 59.7 Å². The van der Waals surface area contributed by atoms with Gasteiger partial charge in [0.15, 0.2) is 0 Å². The van der Waals surface area contributed by atoms with Crippen LogP contribution in [0, 0.1) is 18.2 Å². The van der Waals surface area contributed by atoms with E-state index in [0.29, 0.717) is 38.3 Å². The van der Waals surface area contributed by atoms with Crippen molar-refractivity contribution in [2.75, 3.05) is 40.0 Å². The summed E-state index contributed by atoms with van der Waals surface area (Å²) in [6.07, 6.45) is 6.43. The summed E-state index contributed by atoms with van der Waals surface area (Å²) in [6, 6.07) is 10.7. The quantitative estimate of drug-likeness (QED) is 0.457. The first-order valence-electron chi connectivity index (χ1n) is 8.92. The molecule has 0 bridgehead atoms. The fourth-order valence-electron chi connectivity index (χ4n) is 2.85. The zero-order valence-electron chi connectivity index (χ0n) is 15.7. The highest BCUT2D eigenvalue weighted by Gasteiger charge is 2.15. The van der Waals surface area contributed by atoms with Gasteiger partial charge in [0.2, 0.25) is 0 Å². The first-order chi connectivity index (χ1) is 13.1. The monoisotopic (exact) mass is 374 g/mol. The van der Waals surface area contributed by atoms with Crippen molar-refractivity contribution in [3.8, 4) is 12.3 Å². The van der Waals surface area contributed by atoms with Crippen LogP contribution in [0.4, 0.5) is 4.39 Å². The number of ether oxygens (including phenoxy) is 2. The number of hydrogen-bond acceptors (Lipinski definition) is 4. The minimum absolute atomic E-state index is 0.181. The SMILES string of the molecule is C#CCOC[C@@H](O)CN(CCOC)Cc1cccn1Cc1ccccc1F. The lowest BCUT2D eigenvalue weighted by molar-refractivity contribution is 0.0202. The lowest BCUT2D eigenvalue weighted by Gasteiger charge is -2.25. The standard InChI is InChI=1S/C21H27FN2O3/c1-3-12-27-17-20(25)16-23(11-13-26-2)15-19-8-6-10-24(19)14-18-7-4-5-9-21(18)22/h1,4-10,20,25H,11-17H2,2H3/t20-/m0/s1. The van der Waals surface area contributed by atoms with Gasteiger partial charge in [0.25, 0.3) is 0 Å². The molecule has 2 aromatic rings. The molecule has 1 atom stereocenters. The van der Waals surface area contributed by atoms with Gasteiger partial charge in [-0.05, 0) is 18.2 Å². The molecule has 146 valence electrons. The minimum atomic E-state index is -0.648. The number of aromatic nitrogens is 1. The summed E-state index contributed by atoms with van der Waals surface area (Å²) < 4.78 is 26.4. The molecule has 1 aromatic heterocycles. The van der Waals surface area contributed by atoms with E-state index in [0.717, 1.165) is 5.69 Å². The van der Waals surface area contributed by atoms with E-state index in [4.69, 9.17) is 15.9 Å². The number of halogens is 1. The van der Waals surface area contributed by atoms with Crippen molar-refractivity contribution in [1.29, 1.82) is 0 Å². The van der Waals surface area contributed by atoms with Crippen LogP contribution in [0.15, 0.2) is 42.6 Å². The Bertz CT molecular complexity index is 726. The van der Waals surface area contributed by atoms with Crippen LogP contribution < -0.4 is 0 Å². The summed E-state index contributed by atoms with van der Waals surface area (Å²) >= 11 is 0. The fraction of sp³-hybridized carbons (Fsp3) is 0.429. The van der Waals surface area contributed by atoms with E-state index in [2.05, 4.69) is 10.8 Å². The number of rotatable bonds is 12. The van der Waals surface area contributed by atoms with Crippen molar-refractivity contribution in [1.82, 2.24) is 9.47 Å². The topological polar surface area (TPSA) is 46.9 Å². The normalized spacial score (nSPS) is 12.3. The van der Waals surface area contributed by atoms with E-state index < -0.39 is 6.10 Å². The summed E-state index contributed by atoms with van der Waals surface area (Å²) in [4.78, 5) is 2.08. The van der Waals surface area contributed by atoms with Crippen LogP contribution in [0.1, 0.15) is 11.3 Å². The van der Waals surface area contributed by atoms with E-state index in [1.54, 1.807) is 19.2 Å². The second-order valence-electron chi connectivity index (χ2n) is 6.32. The van der Waals surface area contributed by atoms with E-state index >= 15 is 0 Å². The molecule has 0 aliphatic carbocycles. The molecule has 1 aromatic carbocycles. The van der Waals surface area contributed by atoms with E-state index in [9.17, 15) is 9.50 Å². The largest absolute Gasteiger partial charge is 0.389 e. The Morgan fingerprint density at radius 3 is 2.85 bits per heavy atom. The number of methoxy groups -OCH3 is 1. The Balaban J connectivity index is 2.01. The lowest BCUT2D eigenvalue weighted by atomic mass is 10.2. The average molecular weight is 374 g/mol. The van der Waals surface area contributed by atoms with Crippen LogP contribution in [0.2, 0.25) is 0 Å². The zero-order chi connectivity index (χ0) is 19.5. The van der Waals surface area contributed by atoms with E-state index in [-0.39, 0.29) is 19.0 Å². The Kier molecular flexibility index (Phi) is 9.02. The van der Waals surface area contributed by atoms with Crippen molar-refractivity contribution in [2.45, 2.75) is 19.2 Å². The predicted octanol–water partition coefficient (Wildman–Crippen LogP) is 2.13. The Labute approximate surface area is 160 Å². The number of aliphatic hydroxyl groups is 1. The molecule has 6 heteroatoms. The number of hydrogen-bond donors (Lipinski definition) is 1. The molecule has 0 radical (unpaired) electrons. The van der Waals surface area contributed by atoms with Gasteiger partial charge in [0.1, 0.15) is 12.4 Å². The first kappa shape index (κ1) is 21.1. The third-order valence-electron chi connectivity index (χ3n) is 4.18. The van der Waals surface area contributed by atoms with Gasteiger partial charge in [-0.15, -0.1) is 6.42 Å². The predicted molar refractivity (Wildman–Crippen MR) is 103 cm³/mol. The van der Waals surface area contributed by atoms with Gasteiger partial charge >= 0.3 is 0 Å². The van der Waals surface area contributed by atoms with Crippen molar-refractivity contribution >= 4 is 0 Å².